The Morgan fingerprint density at radius 3 is 2.44 bits per heavy atom. The quantitative estimate of drug-likeness (QED) is 0.535. The predicted octanol–water partition coefficient (Wildman–Crippen LogP) is 1.98. The third-order valence-electron chi connectivity index (χ3n) is 3.76. The molecule has 0 spiro atoms. The molecule has 0 fully saturated rings. The molecule has 0 unspecified atom stereocenters. The van der Waals surface area contributed by atoms with Gasteiger partial charge < -0.3 is 4.74 Å². The Balaban J connectivity index is 1.86. The van der Waals surface area contributed by atoms with Gasteiger partial charge in [0, 0.05) is 0 Å². The van der Waals surface area contributed by atoms with E-state index in [-0.39, 0.29) is 17.4 Å². The van der Waals surface area contributed by atoms with Gasteiger partial charge in [0.1, 0.15) is 18.4 Å². The molecule has 27 heavy (non-hydrogen) atoms. The summed E-state index contributed by atoms with van der Waals surface area (Å²) in [6.45, 7) is 2.15. The van der Waals surface area contributed by atoms with Crippen LogP contribution in [0.5, 0.6) is 5.75 Å². The van der Waals surface area contributed by atoms with Crippen molar-refractivity contribution in [1.82, 2.24) is 19.5 Å². The number of methoxy groups -OCH3 is 1. The number of aromatic nitrogens is 3. The van der Waals surface area contributed by atoms with Gasteiger partial charge in [-0.2, -0.15) is 9.78 Å². The molecule has 1 aromatic heterocycles. The number of hydrogen-bond acceptors (Lipinski definition) is 6. The fourth-order valence-electron chi connectivity index (χ4n) is 2.26. The lowest BCUT2D eigenvalue weighted by molar-refractivity contribution is 0.414. The number of benzene rings is 2. The number of nitrogens with one attached hydrogen (secondary N) is 1. The first-order chi connectivity index (χ1) is 13.0. The van der Waals surface area contributed by atoms with Crippen molar-refractivity contribution in [2.24, 2.45) is 4.99 Å². The second-order valence-electron chi connectivity index (χ2n) is 5.75. The molecule has 8 nitrogen and oxygen atoms in total. The minimum atomic E-state index is -3.81. The highest BCUT2D eigenvalue weighted by molar-refractivity contribution is 7.90. The zero-order valence-electron chi connectivity index (χ0n) is 14.9. The van der Waals surface area contributed by atoms with Crippen LogP contribution in [0.3, 0.4) is 0 Å². The van der Waals surface area contributed by atoms with Crippen LogP contribution in [0.2, 0.25) is 0 Å². The first-order valence-electron chi connectivity index (χ1n) is 8.10. The molecular weight excluding hydrogens is 366 g/mol. The zero-order valence-corrected chi connectivity index (χ0v) is 15.7. The summed E-state index contributed by atoms with van der Waals surface area (Å²) in [5.74, 6) is 0.795. The van der Waals surface area contributed by atoms with Crippen LogP contribution in [-0.4, -0.2) is 36.3 Å². The summed E-state index contributed by atoms with van der Waals surface area (Å²) in [5.41, 5.74) is 1.86. The van der Waals surface area contributed by atoms with E-state index in [0.717, 1.165) is 16.9 Å². The van der Waals surface area contributed by atoms with E-state index >= 15 is 0 Å². The molecule has 0 aliphatic heterocycles. The number of hydrogen-bond donors (Lipinski definition) is 1. The molecule has 3 rings (SSSR count). The Bertz CT molecular complexity index is 1010. The zero-order chi connectivity index (χ0) is 19.3. The van der Waals surface area contributed by atoms with Crippen LogP contribution in [0.4, 0.5) is 0 Å². The van der Waals surface area contributed by atoms with Crippen molar-refractivity contribution >= 4 is 16.0 Å². The fourth-order valence-corrected chi connectivity index (χ4v) is 3.27. The van der Waals surface area contributed by atoms with Crippen LogP contribution >= 0.6 is 0 Å². The van der Waals surface area contributed by atoms with Crippen molar-refractivity contribution in [3.63, 3.8) is 0 Å². The second-order valence-corrected chi connectivity index (χ2v) is 7.43. The van der Waals surface area contributed by atoms with Crippen LogP contribution in [0.1, 0.15) is 11.1 Å². The first-order valence-corrected chi connectivity index (χ1v) is 9.58. The van der Waals surface area contributed by atoms with Crippen molar-refractivity contribution in [3.05, 3.63) is 72.3 Å². The molecule has 1 heterocycles. The lowest BCUT2D eigenvalue weighted by Gasteiger charge is -2.11. The summed E-state index contributed by atoms with van der Waals surface area (Å²) >= 11 is 0. The maximum absolute atomic E-state index is 12.7. The van der Waals surface area contributed by atoms with Gasteiger partial charge in [0.2, 0.25) is 5.96 Å². The van der Waals surface area contributed by atoms with Crippen molar-refractivity contribution in [3.8, 4) is 5.75 Å². The van der Waals surface area contributed by atoms with Crippen LogP contribution < -0.4 is 9.46 Å². The van der Waals surface area contributed by atoms with Crippen molar-refractivity contribution in [2.75, 3.05) is 7.11 Å². The van der Waals surface area contributed by atoms with Crippen LogP contribution in [-0.2, 0) is 16.6 Å². The Hall–Kier alpha value is -3.20. The Morgan fingerprint density at radius 1 is 1.15 bits per heavy atom. The number of ether oxygens (including phenoxy) is 1. The lowest BCUT2D eigenvalue weighted by Crippen LogP contribution is -2.36. The number of aliphatic imine (C=N–C) groups is 1. The predicted molar refractivity (Wildman–Crippen MR) is 101 cm³/mol. The second kappa shape index (κ2) is 8.00. The van der Waals surface area contributed by atoms with E-state index in [2.05, 4.69) is 19.8 Å². The largest absolute Gasteiger partial charge is 0.497 e. The van der Waals surface area contributed by atoms with Gasteiger partial charge in [0.15, 0.2) is 0 Å². The maximum Gasteiger partial charge on any atom is 0.264 e. The van der Waals surface area contributed by atoms with Crippen molar-refractivity contribution in [1.29, 1.82) is 0 Å². The highest BCUT2D eigenvalue weighted by Crippen LogP contribution is 2.13. The molecule has 0 aliphatic rings. The Morgan fingerprint density at radius 2 is 1.85 bits per heavy atom. The molecule has 0 bridgehead atoms. The first kappa shape index (κ1) is 18.6. The number of nitrogens with zero attached hydrogens (tertiary/aromatic N) is 4. The molecule has 2 aromatic carbocycles. The molecule has 0 atom stereocenters. The van der Waals surface area contributed by atoms with Gasteiger partial charge in [-0.3, -0.25) is 0 Å². The lowest BCUT2D eigenvalue weighted by atomic mass is 10.2. The van der Waals surface area contributed by atoms with E-state index in [1.54, 1.807) is 31.4 Å². The third-order valence-corrected chi connectivity index (χ3v) is 5.11. The van der Waals surface area contributed by atoms with Gasteiger partial charge in [-0.15, -0.1) is 0 Å². The summed E-state index contributed by atoms with van der Waals surface area (Å²) in [7, 11) is -2.21. The van der Waals surface area contributed by atoms with Gasteiger partial charge in [0.05, 0.1) is 18.6 Å². The molecule has 1 N–H and O–H groups in total. The summed E-state index contributed by atoms with van der Waals surface area (Å²) in [6.07, 6.45) is 2.69. The molecule has 0 saturated heterocycles. The molecular formula is C18H19N5O3S. The number of aryl methyl sites for hydroxylation is 1. The molecule has 0 radical (unpaired) electrons. The smallest absolute Gasteiger partial charge is 0.264 e. The Labute approximate surface area is 157 Å². The molecule has 140 valence electrons. The van der Waals surface area contributed by atoms with Crippen LogP contribution in [0.15, 0.2) is 71.1 Å². The monoisotopic (exact) mass is 385 g/mol. The molecule has 9 heteroatoms. The summed E-state index contributed by atoms with van der Waals surface area (Å²) in [5, 5.41) is 3.98. The minimum Gasteiger partial charge on any atom is -0.497 e. The SMILES string of the molecule is COc1ccc(CN=C(NS(=O)(=O)c2ccc(C)cc2)n2cncn2)cc1. The van der Waals surface area contributed by atoms with E-state index < -0.39 is 10.0 Å². The summed E-state index contributed by atoms with van der Waals surface area (Å²) < 4.78 is 34.2. The topological polar surface area (TPSA) is 98.5 Å². The Kier molecular flexibility index (Phi) is 5.51. The van der Waals surface area contributed by atoms with Crippen molar-refractivity contribution in [2.45, 2.75) is 18.4 Å². The average Bonchev–Trinajstić information content (AvgIpc) is 3.20. The standard InChI is InChI=1S/C18H19N5O3S/c1-14-3-9-17(10-4-14)27(24,25)22-18(23-13-19-12-21-23)20-11-15-5-7-16(26-2)8-6-15/h3-10,12-13H,11H2,1-2H3,(H,20,22). The van der Waals surface area contributed by atoms with Crippen LogP contribution in [0, 0.1) is 6.92 Å². The number of sulfonamides is 1. The fraction of sp³-hybridized carbons (Fsp3) is 0.167. The van der Waals surface area contributed by atoms with Gasteiger partial charge in [-0.05, 0) is 36.8 Å². The molecule has 0 aliphatic carbocycles. The minimum absolute atomic E-state index is 0.0592. The van der Waals surface area contributed by atoms with E-state index in [1.807, 2.05) is 31.2 Å². The summed E-state index contributed by atoms with van der Waals surface area (Å²) in [4.78, 5) is 8.36. The van der Waals surface area contributed by atoms with Gasteiger partial charge in [0.25, 0.3) is 10.0 Å². The van der Waals surface area contributed by atoms with E-state index in [0.29, 0.717) is 0 Å². The number of rotatable bonds is 5. The van der Waals surface area contributed by atoms with Gasteiger partial charge >= 0.3 is 0 Å². The highest BCUT2D eigenvalue weighted by atomic mass is 32.2. The van der Waals surface area contributed by atoms with Crippen LogP contribution in [0.25, 0.3) is 0 Å². The average molecular weight is 385 g/mol. The molecule has 0 amide bonds. The summed E-state index contributed by atoms with van der Waals surface area (Å²) in [6, 6.07) is 13.9. The van der Waals surface area contributed by atoms with E-state index in [4.69, 9.17) is 4.74 Å². The molecule has 0 saturated carbocycles. The maximum atomic E-state index is 12.7. The van der Waals surface area contributed by atoms with E-state index in [1.165, 1.54) is 17.3 Å². The van der Waals surface area contributed by atoms with Gasteiger partial charge in [-0.1, -0.05) is 29.8 Å². The van der Waals surface area contributed by atoms with Gasteiger partial charge in [-0.25, -0.2) is 23.1 Å². The molecule has 3 aromatic rings. The van der Waals surface area contributed by atoms with E-state index in [9.17, 15) is 8.42 Å². The normalized spacial score (nSPS) is 12.0. The van der Waals surface area contributed by atoms with Crippen molar-refractivity contribution < 1.29 is 13.2 Å². The highest BCUT2D eigenvalue weighted by Gasteiger charge is 2.17. The third kappa shape index (κ3) is 4.70.